The summed E-state index contributed by atoms with van der Waals surface area (Å²) >= 11 is 0. The molecule has 0 fully saturated rings. The second-order valence-electron chi connectivity index (χ2n) is 6.18. The maximum Gasteiger partial charge on any atom is 0.267 e. The molecule has 4 N–H and O–H groups in total. The Balaban J connectivity index is 2.06. The first kappa shape index (κ1) is 18.5. The molecule has 7 nitrogen and oxygen atoms in total. The zero-order valence-electron chi connectivity index (χ0n) is 14.2. The van der Waals surface area contributed by atoms with E-state index in [9.17, 15) is 22.8 Å². The average Bonchev–Trinajstić information content (AvgIpc) is 3.17. The lowest BCUT2D eigenvalue weighted by atomic mass is 9.89. The summed E-state index contributed by atoms with van der Waals surface area (Å²) in [5, 5.41) is 9.02. The predicted molar refractivity (Wildman–Crippen MR) is 89.4 cm³/mol. The van der Waals surface area contributed by atoms with Crippen molar-refractivity contribution in [1.29, 1.82) is 0 Å². The van der Waals surface area contributed by atoms with E-state index < -0.39 is 34.8 Å². The summed E-state index contributed by atoms with van der Waals surface area (Å²) in [6.45, 7) is 0. The van der Waals surface area contributed by atoms with Gasteiger partial charge < -0.3 is 10.8 Å². The summed E-state index contributed by atoms with van der Waals surface area (Å²) in [6, 6.07) is 1.17. The van der Waals surface area contributed by atoms with Crippen molar-refractivity contribution in [2.75, 3.05) is 0 Å². The fourth-order valence-corrected chi connectivity index (χ4v) is 3.01. The Morgan fingerprint density at radius 2 is 1.93 bits per heavy atom. The Hall–Kier alpha value is -3.30. The van der Waals surface area contributed by atoms with Crippen molar-refractivity contribution in [3.05, 3.63) is 74.7 Å². The van der Waals surface area contributed by atoms with Crippen molar-refractivity contribution < 1.29 is 18.0 Å². The summed E-state index contributed by atoms with van der Waals surface area (Å²) in [5.41, 5.74) is 5.61. The second-order valence-corrected chi connectivity index (χ2v) is 6.18. The number of nitrogens with two attached hydrogens (primary N) is 1. The van der Waals surface area contributed by atoms with Crippen LogP contribution in [-0.2, 0) is 18.3 Å². The first-order chi connectivity index (χ1) is 12.8. The Morgan fingerprint density at radius 3 is 2.56 bits per heavy atom. The van der Waals surface area contributed by atoms with Gasteiger partial charge in [0.15, 0.2) is 11.6 Å². The molecule has 0 aliphatic heterocycles. The standard InChI is InChI=1S/C17H16F3N5O2/c1-25-7-9(6-22-25)10(4-15(21)26)16-14(23-24-17(16)27)3-8-2-12(19)13(20)5-11(8)18/h2,5-7,10H,3-4H2,1H3,(H2,21,26)(H2,23,24,27)/t10-/m0/s1. The molecule has 0 unspecified atom stereocenters. The number of aromatic nitrogens is 4. The van der Waals surface area contributed by atoms with Crippen LogP contribution in [0.3, 0.4) is 0 Å². The lowest BCUT2D eigenvalue weighted by molar-refractivity contribution is -0.118. The molecule has 0 saturated carbocycles. The van der Waals surface area contributed by atoms with Gasteiger partial charge in [0.2, 0.25) is 5.91 Å². The minimum absolute atomic E-state index is 0.144. The molecular weight excluding hydrogens is 363 g/mol. The number of hydrogen-bond acceptors (Lipinski definition) is 3. The highest BCUT2D eigenvalue weighted by Crippen LogP contribution is 2.28. The van der Waals surface area contributed by atoms with Crippen LogP contribution in [0.1, 0.15) is 34.7 Å². The van der Waals surface area contributed by atoms with Crippen LogP contribution in [0.4, 0.5) is 13.2 Å². The highest BCUT2D eigenvalue weighted by atomic mass is 19.2. The molecule has 2 heterocycles. The quantitative estimate of drug-likeness (QED) is 0.564. The first-order valence-corrected chi connectivity index (χ1v) is 7.96. The van der Waals surface area contributed by atoms with Crippen LogP contribution in [0.15, 0.2) is 29.3 Å². The van der Waals surface area contributed by atoms with Gasteiger partial charge in [0.1, 0.15) is 5.82 Å². The van der Waals surface area contributed by atoms with Crippen LogP contribution in [-0.4, -0.2) is 25.9 Å². The van der Waals surface area contributed by atoms with E-state index in [0.717, 1.165) is 6.07 Å². The molecule has 3 rings (SSSR count). The first-order valence-electron chi connectivity index (χ1n) is 7.96. The number of primary amides is 1. The average molecular weight is 379 g/mol. The van der Waals surface area contributed by atoms with Crippen LogP contribution in [0, 0.1) is 17.5 Å². The number of aryl methyl sites for hydroxylation is 1. The maximum atomic E-state index is 14.0. The number of rotatable bonds is 6. The van der Waals surface area contributed by atoms with Crippen molar-refractivity contribution >= 4 is 5.91 Å². The Bertz CT molecular complexity index is 1050. The van der Waals surface area contributed by atoms with Gasteiger partial charge >= 0.3 is 0 Å². The molecule has 0 aliphatic carbocycles. The number of benzene rings is 1. The van der Waals surface area contributed by atoms with Gasteiger partial charge in [-0.3, -0.25) is 19.4 Å². The van der Waals surface area contributed by atoms with Gasteiger partial charge in [-0.1, -0.05) is 0 Å². The number of nitrogens with one attached hydrogen (secondary N) is 2. The zero-order chi connectivity index (χ0) is 19.7. The third-order valence-electron chi connectivity index (χ3n) is 4.23. The van der Waals surface area contributed by atoms with Crippen molar-refractivity contribution in [2.24, 2.45) is 12.8 Å². The molecule has 0 spiro atoms. The largest absolute Gasteiger partial charge is 0.370 e. The van der Waals surface area contributed by atoms with E-state index in [1.165, 1.54) is 10.9 Å². The molecule has 10 heteroatoms. The van der Waals surface area contributed by atoms with Gasteiger partial charge in [0.05, 0.1) is 6.20 Å². The number of aromatic amines is 2. The molecule has 0 bridgehead atoms. The molecule has 1 aromatic carbocycles. The fraction of sp³-hybridized carbons (Fsp3) is 0.235. The minimum Gasteiger partial charge on any atom is -0.370 e. The molecule has 2 aromatic heterocycles. The molecule has 1 amide bonds. The number of amides is 1. The minimum atomic E-state index is -1.30. The Kier molecular flexibility index (Phi) is 4.89. The van der Waals surface area contributed by atoms with Gasteiger partial charge in [-0.15, -0.1) is 0 Å². The van der Waals surface area contributed by atoms with E-state index in [1.807, 2.05) is 0 Å². The summed E-state index contributed by atoms with van der Waals surface area (Å²) in [6.07, 6.45) is 2.72. The highest BCUT2D eigenvalue weighted by Gasteiger charge is 2.26. The monoisotopic (exact) mass is 379 g/mol. The lowest BCUT2D eigenvalue weighted by Gasteiger charge is -2.14. The fourth-order valence-electron chi connectivity index (χ4n) is 3.01. The van der Waals surface area contributed by atoms with Crippen molar-refractivity contribution in [2.45, 2.75) is 18.8 Å². The molecule has 27 heavy (non-hydrogen) atoms. The van der Waals surface area contributed by atoms with Gasteiger partial charge in [0.25, 0.3) is 5.56 Å². The van der Waals surface area contributed by atoms with Crippen LogP contribution in [0.2, 0.25) is 0 Å². The SMILES string of the molecule is Cn1cc([C@H](CC(N)=O)c2c(Cc3cc(F)c(F)cc3F)[nH][nH]c2=O)cn1. The topological polar surface area (TPSA) is 110 Å². The number of halogens is 3. The lowest BCUT2D eigenvalue weighted by Crippen LogP contribution is -2.21. The molecule has 0 radical (unpaired) electrons. The van der Waals surface area contributed by atoms with Gasteiger partial charge in [-0.2, -0.15) is 5.10 Å². The molecule has 1 atom stereocenters. The van der Waals surface area contributed by atoms with Crippen molar-refractivity contribution in [3.8, 4) is 0 Å². The van der Waals surface area contributed by atoms with Gasteiger partial charge in [0, 0.05) is 49.3 Å². The van der Waals surface area contributed by atoms with E-state index >= 15 is 0 Å². The number of hydrogen-bond donors (Lipinski definition) is 3. The smallest absolute Gasteiger partial charge is 0.267 e. The normalized spacial score (nSPS) is 12.3. The number of carbonyl (C=O) groups is 1. The summed E-state index contributed by atoms with van der Waals surface area (Å²) in [5.74, 6) is -4.83. The Labute approximate surface area is 151 Å². The molecule has 0 saturated heterocycles. The predicted octanol–water partition coefficient (Wildman–Crippen LogP) is 1.45. The van der Waals surface area contributed by atoms with Crippen LogP contribution < -0.4 is 11.3 Å². The summed E-state index contributed by atoms with van der Waals surface area (Å²) < 4.78 is 42.1. The molecule has 0 aliphatic rings. The Morgan fingerprint density at radius 1 is 1.22 bits per heavy atom. The van der Waals surface area contributed by atoms with Crippen LogP contribution in [0.5, 0.6) is 0 Å². The van der Waals surface area contributed by atoms with Crippen molar-refractivity contribution in [1.82, 2.24) is 20.0 Å². The third-order valence-corrected chi connectivity index (χ3v) is 4.23. The van der Waals surface area contributed by atoms with Crippen LogP contribution >= 0.6 is 0 Å². The number of nitrogens with zero attached hydrogens (tertiary/aromatic N) is 2. The van der Waals surface area contributed by atoms with E-state index in [-0.39, 0.29) is 29.7 Å². The molecule has 142 valence electrons. The van der Waals surface area contributed by atoms with E-state index in [0.29, 0.717) is 11.6 Å². The van der Waals surface area contributed by atoms with E-state index in [4.69, 9.17) is 5.73 Å². The maximum absolute atomic E-state index is 14.0. The summed E-state index contributed by atoms with van der Waals surface area (Å²) in [4.78, 5) is 23.9. The van der Waals surface area contributed by atoms with Gasteiger partial charge in [-0.25, -0.2) is 13.2 Å². The highest BCUT2D eigenvalue weighted by molar-refractivity contribution is 5.75. The molecular formula is C17H16F3N5O2. The van der Waals surface area contributed by atoms with E-state index in [2.05, 4.69) is 15.3 Å². The zero-order valence-corrected chi connectivity index (χ0v) is 14.2. The number of carbonyl (C=O) groups excluding carboxylic acids is 1. The summed E-state index contributed by atoms with van der Waals surface area (Å²) in [7, 11) is 1.67. The third kappa shape index (κ3) is 3.78. The second kappa shape index (κ2) is 7.14. The number of H-pyrrole nitrogens is 2. The molecule has 3 aromatic rings. The van der Waals surface area contributed by atoms with Gasteiger partial charge in [-0.05, 0) is 17.2 Å². The van der Waals surface area contributed by atoms with Crippen LogP contribution in [0.25, 0.3) is 0 Å². The van der Waals surface area contributed by atoms with E-state index in [1.54, 1.807) is 13.2 Å². The van der Waals surface area contributed by atoms with Crippen molar-refractivity contribution in [3.63, 3.8) is 0 Å².